The minimum absolute atomic E-state index is 0.110. The lowest BCUT2D eigenvalue weighted by molar-refractivity contribution is -0.116. The van der Waals surface area contributed by atoms with Gasteiger partial charge >= 0.3 is 5.97 Å². The maximum absolute atomic E-state index is 12.3. The van der Waals surface area contributed by atoms with Crippen molar-refractivity contribution in [1.82, 2.24) is 0 Å². The first-order chi connectivity index (χ1) is 12.2. The summed E-state index contributed by atoms with van der Waals surface area (Å²) in [6.07, 6.45) is 1.02. The van der Waals surface area contributed by atoms with Crippen LogP contribution in [0.25, 0.3) is 10.1 Å². The van der Waals surface area contributed by atoms with Gasteiger partial charge in [0.05, 0.1) is 6.61 Å². The molecule has 0 saturated heterocycles. The van der Waals surface area contributed by atoms with E-state index < -0.39 is 5.97 Å². The summed E-state index contributed by atoms with van der Waals surface area (Å²) in [7, 11) is 0. The fourth-order valence-corrected chi connectivity index (χ4v) is 3.74. The normalized spacial score (nSPS) is 10.6. The summed E-state index contributed by atoms with van der Waals surface area (Å²) in [5.74, 6) is -0.515. The molecule has 0 radical (unpaired) electrons. The summed E-state index contributed by atoms with van der Waals surface area (Å²) in [6, 6.07) is 17.4. The number of hydrogen-bond donors (Lipinski definition) is 1. The van der Waals surface area contributed by atoms with Crippen LogP contribution in [-0.4, -0.2) is 18.5 Å². The van der Waals surface area contributed by atoms with E-state index in [2.05, 4.69) is 5.32 Å². The number of ether oxygens (including phenoxy) is 1. The Morgan fingerprint density at radius 3 is 2.52 bits per heavy atom. The van der Waals surface area contributed by atoms with Crippen molar-refractivity contribution in [1.29, 1.82) is 0 Å². The zero-order chi connectivity index (χ0) is 17.6. The Balaban J connectivity index is 1.79. The second-order valence-electron chi connectivity index (χ2n) is 5.56. The van der Waals surface area contributed by atoms with Gasteiger partial charge in [0.25, 0.3) is 0 Å². The molecule has 0 aliphatic heterocycles. The molecular formula is C20H19NO3S. The van der Waals surface area contributed by atoms with Crippen LogP contribution in [0.15, 0.2) is 54.6 Å². The Hall–Kier alpha value is -2.66. The molecule has 0 bridgehead atoms. The Labute approximate surface area is 150 Å². The molecule has 3 rings (SSSR count). The number of hydrogen-bond acceptors (Lipinski definition) is 4. The molecule has 0 aliphatic carbocycles. The van der Waals surface area contributed by atoms with Gasteiger partial charge in [-0.05, 0) is 25.0 Å². The third-order valence-electron chi connectivity index (χ3n) is 3.81. The fourth-order valence-electron chi connectivity index (χ4n) is 2.63. The Morgan fingerprint density at radius 1 is 1.04 bits per heavy atom. The zero-order valence-corrected chi connectivity index (χ0v) is 14.8. The minimum Gasteiger partial charge on any atom is -0.462 e. The largest absolute Gasteiger partial charge is 0.462 e. The van der Waals surface area contributed by atoms with Crippen molar-refractivity contribution >= 4 is 38.3 Å². The standard InChI is InChI=1S/C20H19NO3S/c1-2-24-20(23)18-15-10-6-7-11-16(15)25-19(18)21-17(22)13-12-14-8-4-3-5-9-14/h3-11H,2,12-13H2,1H3,(H,21,22). The number of aryl methyl sites for hydroxylation is 1. The molecule has 1 amide bonds. The smallest absolute Gasteiger partial charge is 0.341 e. The highest BCUT2D eigenvalue weighted by Crippen LogP contribution is 2.36. The van der Waals surface area contributed by atoms with Gasteiger partial charge in [0.1, 0.15) is 10.6 Å². The highest BCUT2D eigenvalue weighted by Gasteiger charge is 2.21. The lowest BCUT2D eigenvalue weighted by atomic mass is 10.1. The van der Waals surface area contributed by atoms with Gasteiger partial charge in [-0.2, -0.15) is 0 Å². The third-order valence-corrected chi connectivity index (χ3v) is 4.90. The number of benzene rings is 2. The van der Waals surface area contributed by atoms with E-state index in [0.29, 0.717) is 30.0 Å². The Bertz CT molecular complexity index is 886. The van der Waals surface area contributed by atoms with Crippen LogP contribution in [0.2, 0.25) is 0 Å². The van der Waals surface area contributed by atoms with Crippen LogP contribution in [0.4, 0.5) is 5.00 Å². The highest BCUT2D eigenvalue weighted by molar-refractivity contribution is 7.23. The molecule has 0 saturated carbocycles. The van der Waals surface area contributed by atoms with Gasteiger partial charge < -0.3 is 10.1 Å². The average Bonchev–Trinajstić information content (AvgIpc) is 2.99. The summed E-state index contributed by atoms with van der Waals surface area (Å²) in [6.45, 7) is 2.06. The van der Waals surface area contributed by atoms with Gasteiger partial charge in [0, 0.05) is 16.5 Å². The molecule has 1 N–H and O–H groups in total. The van der Waals surface area contributed by atoms with Crippen LogP contribution < -0.4 is 5.32 Å². The number of carbonyl (C=O) groups is 2. The maximum atomic E-state index is 12.3. The molecule has 5 heteroatoms. The molecule has 25 heavy (non-hydrogen) atoms. The number of amides is 1. The van der Waals surface area contributed by atoms with Gasteiger partial charge in [-0.15, -0.1) is 11.3 Å². The third kappa shape index (κ3) is 4.06. The molecule has 0 fully saturated rings. The van der Waals surface area contributed by atoms with E-state index in [9.17, 15) is 9.59 Å². The van der Waals surface area contributed by atoms with E-state index >= 15 is 0 Å². The van der Waals surface area contributed by atoms with Crippen LogP contribution in [0, 0.1) is 0 Å². The topological polar surface area (TPSA) is 55.4 Å². The molecule has 1 aromatic heterocycles. The van der Waals surface area contributed by atoms with Gasteiger partial charge in [-0.1, -0.05) is 48.5 Å². The van der Waals surface area contributed by atoms with Crippen LogP contribution in [0.3, 0.4) is 0 Å². The van der Waals surface area contributed by atoms with E-state index in [-0.39, 0.29) is 5.91 Å². The Morgan fingerprint density at radius 2 is 1.76 bits per heavy atom. The lowest BCUT2D eigenvalue weighted by Crippen LogP contribution is -2.14. The number of rotatable bonds is 6. The van der Waals surface area contributed by atoms with Crippen LogP contribution >= 0.6 is 11.3 Å². The highest BCUT2D eigenvalue weighted by atomic mass is 32.1. The summed E-state index contributed by atoms with van der Waals surface area (Å²) >= 11 is 1.40. The van der Waals surface area contributed by atoms with Gasteiger partial charge in [0.15, 0.2) is 0 Å². The second-order valence-corrected chi connectivity index (χ2v) is 6.61. The summed E-state index contributed by atoms with van der Waals surface area (Å²) in [5.41, 5.74) is 1.55. The quantitative estimate of drug-likeness (QED) is 0.656. The summed E-state index contributed by atoms with van der Waals surface area (Å²) < 4.78 is 6.11. The monoisotopic (exact) mass is 353 g/mol. The minimum atomic E-state index is -0.404. The molecule has 0 atom stereocenters. The number of fused-ring (bicyclic) bond motifs is 1. The zero-order valence-electron chi connectivity index (χ0n) is 14.0. The molecule has 0 unspecified atom stereocenters. The molecule has 2 aromatic carbocycles. The van der Waals surface area contributed by atoms with E-state index in [1.54, 1.807) is 6.92 Å². The number of nitrogens with one attached hydrogen (secondary N) is 1. The number of carbonyl (C=O) groups excluding carboxylic acids is 2. The van der Waals surface area contributed by atoms with Crippen molar-refractivity contribution in [2.24, 2.45) is 0 Å². The van der Waals surface area contributed by atoms with Crippen molar-refractivity contribution < 1.29 is 14.3 Å². The van der Waals surface area contributed by atoms with Crippen LogP contribution in [-0.2, 0) is 16.0 Å². The Kier molecular flexibility index (Phi) is 5.46. The first kappa shape index (κ1) is 17.2. The van der Waals surface area contributed by atoms with Gasteiger partial charge in [-0.25, -0.2) is 4.79 Å². The van der Waals surface area contributed by atoms with E-state index in [4.69, 9.17) is 4.74 Å². The molecule has 3 aromatic rings. The van der Waals surface area contributed by atoms with Gasteiger partial charge in [-0.3, -0.25) is 4.79 Å². The fraction of sp³-hybridized carbons (Fsp3) is 0.200. The maximum Gasteiger partial charge on any atom is 0.341 e. The van der Waals surface area contributed by atoms with E-state index in [1.165, 1.54) is 11.3 Å². The number of esters is 1. The van der Waals surface area contributed by atoms with Gasteiger partial charge in [0.2, 0.25) is 5.91 Å². The van der Waals surface area contributed by atoms with Crippen LogP contribution in [0.5, 0.6) is 0 Å². The molecule has 128 valence electrons. The predicted octanol–water partition coefficient (Wildman–Crippen LogP) is 4.65. The van der Waals surface area contributed by atoms with Crippen molar-refractivity contribution in [3.8, 4) is 0 Å². The van der Waals surface area contributed by atoms with E-state index in [0.717, 1.165) is 15.6 Å². The predicted molar refractivity (Wildman–Crippen MR) is 101 cm³/mol. The van der Waals surface area contributed by atoms with Crippen molar-refractivity contribution in [2.45, 2.75) is 19.8 Å². The van der Waals surface area contributed by atoms with Crippen molar-refractivity contribution in [2.75, 3.05) is 11.9 Å². The molecule has 0 aliphatic rings. The van der Waals surface area contributed by atoms with Crippen molar-refractivity contribution in [3.05, 3.63) is 65.7 Å². The molecule has 1 heterocycles. The van der Waals surface area contributed by atoms with E-state index in [1.807, 2.05) is 54.6 Å². The van der Waals surface area contributed by atoms with Crippen LogP contribution in [0.1, 0.15) is 29.3 Å². The molecule has 0 spiro atoms. The summed E-state index contributed by atoms with van der Waals surface area (Å²) in [5, 5.41) is 4.25. The lowest BCUT2D eigenvalue weighted by Gasteiger charge is -2.07. The number of anilines is 1. The second kappa shape index (κ2) is 7.94. The SMILES string of the molecule is CCOC(=O)c1c(NC(=O)CCc2ccccc2)sc2ccccc12. The molecular weight excluding hydrogens is 334 g/mol. The first-order valence-electron chi connectivity index (χ1n) is 8.21. The van der Waals surface area contributed by atoms with Crippen molar-refractivity contribution in [3.63, 3.8) is 0 Å². The molecule has 4 nitrogen and oxygen atoms in total. The first-order valence-corrected chi connectivity index (χ1v) is 9.03. The average molecular weight is 353 g/mol. The summed E-state index contributed by atoms with van der Waals surface area (Å²) in [4.78, 5) is 24.7. The number of thiophene rings is 1.